The van der Waals surface area contributed by atoms with Crippen LogP contribution in [0.1, 0.15) is 6.85 Å². The largest absolute Gasteiger partial charge is 0.208 e. The lowest BCUT2D eigenvalue weighted by Gasteiger charge is -2.13. The van der Waals surface area contributed by atoms with Gasteiger partial charge < -0.3 is 0 Å². The van der Waals surface area contributed by atoms with E-state index in [1.807, 2.05) is 84.9 Å². The molecule has 0 spiro atoms. The Kier molecular flexibility index (Phi) is 5.24. The number of nitrogens with zero attached hydrogens (tertiary/aromatic N) is 3. The first-order valence-electron chi connectivity index (χ1n) is 16.9. The molecule has 0 bridgehead atoms. The average Bonchev–Trinajstić information content (AvgIpc) is 3.16. The first-order chi connectivity index (χ1) is 23.9. The van der Waals surface area contributed by atoms with Gasteiger partial charge >= 0.3 is 0 Å². The molecule has 8 rings (SSSR count). The lowest BCUT2D eigenvalue weighted by molar-refractivity contribution is 1.08. The highest BCUT2D eigenvalue weighted by atomic mass is 15.0. The van der Waals surface area contributed by atoms with Gasteiger partial charge in [-0.1, -0.05) is 139 Å². The zero-order chi connectivity index (χ0) is 33.6. The van der Waals surface area contributed by atoms with Crippen LogP contribution in [0.2, 0.25) is 0 Å². The Bertz CT molecular complexity index is 2530. The highest BCUT2D eigenvalue weighted by Crippen LogP contribution is 2.35. The molecule has 7 aromatic carbocycles. The molecule has 0 amide bonds. The van der Waals surface area contributed by atoms with Crippen molar-refractivity contribution >= 4 is 21.5 Å². The summed E-state index contributed by atoms with van der Waals surface area (Å²) in [5.74, 6) is 1.64. The van der Waals surface area contributed by atoms with Crippen molar-refractivity contribution in [2.45, 2.75) is 0 Å². The normalized spacial score (nSPS) is 12.8. The lowest BCUT2D eigenvalue weighted by atomic mass is 9.95. The maximum Gasteiger partial charge on any atom is 0.164 e. The number of benzene rings is 7. The summed E-state index contributed by atoms with van der Waals surface area (Å²) in [6, 6.07) is 42.6. The smallest absolute Gasteiger partial charge is 0.164 e. The molecule has 0 saturated carbocycles. The van der Waals surface area contributed by atoms with Gasteiger partial charge in [-0.2, -0.15) is 0 Å². The molecule has 0 atom stereocenters. The van der Waals surface area contributed by atoms with Crippen LogP contribution in [-0.4, -0.2) is 15.0 Å². The second-order valence-electron chi connectivity index (χ2n) is 10.6. The minimum atomic E-state index is -0.407. The summed E-state index contributed by atoms with van der Waals surface area (Å²) in [5, 5.41) is 3.98. The van der Waals surface area contributed by atoms with Crippen LogP contribution in [0.3, 0.4) is 0 Å². The van der Waals surface area contributed by atoms with E-state index in [0.29, 0.717) is 23.0 Å². The van der Waals surface area contributed by atoms with E-state index >= 15 is 0 Å². The fourth-order valence-electron chi connectivity index (χ4n) is 5.58. The van der Waals surface area contributed by atoms with Crippen molar-refractivity contribution in [2.75, 3.05) is 0 Å². The van der Waals surface area contributed by atoms with Gasteiger partial charge in [-0.25, -0.2) is 15.0 Å². The maximum atomic E-state index is 8.42. The Morgan fingerprint density at radius 1 is 0.364 bits per heavy atom. The fraction of sp³-hybridized carbons (Fsp3) is 0. The van der Waals surface area contributed by atoms with Crippen molar-refractivity contribution < 1.29 is 6.85 Å². The number of rotatable bonds is 5. The molecule has 0 saturated heterocycles. The topological polar surface area (TPSA) is 38.7 Å². The summed E-state index contributed by atoms with van der Waals surface area (Å²) < 4.78 is 41.0. The first-order valence-corrected chi connectivity index (χ1v) is 14.4. The quantitative estimate of drug-likeness (QED) is 0.208. The molecule has 8 aromatic rings. The van der Waals surface area contributed by atoms with Crippen molar-refractivity contribution in [3.05, 3.63) is 164 Å². The standard InChI is InChI=1S/C41H27N3/c1-4-12-28(13-5-1)31-20-21-33-25-35(23-22-32(33)24-31)40-42-39(30-16-8-3-9-17-30)43-41(44-40)36-26-34-18-10-11-19-37(34)38(27-36)29-14-6-2-7-15-29/h1-27H/i1D,4D,5D,12D,13D. The predicted molar refractivity (Wildman–Crippen MR) is 182 cm³/mol. The molecule has 3 heteroatoms. The van der Waals surface area contributed by atoms with Crippen molar-refractivity contribution in [3.63, 3.8) is 0 Å². The van der Waals surface area contributed by atoms with Gasteiger partial charge in [-0.05, 0) is 68.1 Å². The highest BCUT2D eigenvalue weighted by Gasteiger charge is 2.15. The molecule has 0 radical (unpaired) electrons. The Morgan fingerprint density at radius 2 is 0.909 bits per heavy atom. The number of hydrogen-bond acceptors (Lipinski definition) is 3. The van der Waals surface area contributed by atoms with Gasteiger partial charge in [-0.15, -0.1) is 0 Å². The van der Waals surface area contributed by atoms with Gasteiger partial charge in [0.2, 0.25) is 0 Å². The van der Waals surface area contributed by atoms with Gasteiger partial charge in [0.1, 0.15) is 0 Å². The monoisotopic (exact) mass is 566 g/mol. The first kappa shape index (κ1) is 20.9. The Hall–Kier alpha value is -5.93. The van der Waals surface area contributed by atoms with Gasteiger partial charge in [0.15, 0.2) is 17.5 Å². The molecule has 0 unspecified atom stereocenters. The second kappa shape index (κ2) is 11.0. The summed E-state index contributed by atoms with van der Waals surface area (Å²) in [4.78, 5) is 15.0. The van der Waals surface area contributed by atoms with Gasteiger partial charge in [0.05, 0.1) is 6.85 Å². The lowest BCUT2D eigenvalue weighted by Crippen LogP contribution is -2.00. The Labute approximate surface area is 263 Å². The van der Waals surface area contributed by atoms with Gasteiger partial charge in [0, 0.05) is 16.7 Å². The molecule has 1 aromatic heterocycles. The molecule has 0 aliphatic carbocycles. The van der Waals surface area contributed by atoms with Crippen molar-refractivity contribution in [1.29, 1.82) is 0 Å². The Morgan fingerprint density at radius 3 is 1.64 bits per heavy atom. The number of fused-ring (bicyclic) bond motifs is 2. The van der Waals surface area contributed by atoms with E-state index in [0.717, 1.165) is 49.4 Å². The zero-order valence-corrected chi connectivity index (χ0v) is 23.5. The maximum absolute atomic E-state index is 8.42. The van der Waals surface area contributed by atoms with E-state index in [-0.39, 0.29) is 29.7 Å². The molecule has 0 aliphatic rings. The molecule has 206 valence electrons. The zero-order valence-electron chi connectivity index (χ0n) is 28.5. The van der Waals surface area contributed by atoms with Crippen molar-refractivity contribution in [2.24, 2.45) is 0 Å². The summed E-state index contributed by atoms with van der Waals surface area (Å²) in [6.07, 6.45) is 0. The third-order valence-corrected chi connectivity index (χ3v) is 7.76. The van der Waals surface area contributed by atoms with Crippen LogP contribution in [0.25, 0.3) is 78.0 Å². The molecule has 44 heavy (non-hydrogen) atoms. The fourth-order valence-corrected chi connectivity index (χ4v) is 5.58. The van der Waals surface area contributed by atoms with Crippen LogP contribution in [0.5, 0.6) is 0 Å². The molecule has 3 nitrogen and oxygen atoms in total. The van der Waals surface area contributed by atoms with Gasteiger partial charge in [-0.3, -0.25) is 0 Å². The number of hydrogen-bond donors (Lipinski definition) is 0. The van der Waals surface area contributed by atoms with E-state index in [9.17, 15) is 0 Å². The van der Waals surface area contributed by atoms with E-state index < -0.39 is 6.04 Å². The summed E-state index contributed by atoms with van der Waals surface area (Å²) >= 11 is 0. The van der Waals surface area contributed by atoms with Gasteiger partial charge in [0.25, 0.3) is 0 Å². The molecule has 0 N–H and O–H groups in total. The SMILES string of the molecule is [2H]c1c([2H])c([2H])c(-c2ccc3cc(-c4nc(-c5ccccc5)nc(-c5cc(-c6ccccc6)c6ccccc6c5)n4)ccc3c2)c([2H])c1[2H]. The van der Waals surface area contributed by atoms with Crippen molar-refractivity contribution in [1.82, 2.24) is 15.0 Å². The molecular weight excluding hydrogens is 534 g/mol. The predicted octanol–water partition coefficient (Wildman–Crippen LogP) is 10.5. The van der Waals surface area contributed by atoms with Crippen molar-refractivity contribution in [3.8, 4) is 56.4 Å². The van der Waals surface area contributed by atoms with E-state index in [1.165, 1.54) is 0 Å². The van der Waals surface area contributed by atoms with E-state index in [1.54, 1.807) is 6.07 Å². The van der Waals surface area contributed by atoms with Crippen LogP contribution in [0.4, 0.5) is 0 Å². The minimum absolute atomic E-state index is 0.178. The Balaban J connectivity index is 1.28. The molecular formula is C41H27N3. The third-order valence-electron chi connectivity index (χ3n) is 7.76. The van der Waals surface area contributed by atoms with Crippen LogP contribution in [0, 0.1) is 0 Å². The van der Waals surface area contributed by atoms with Crippen LogP contribution in [0.15, 0.2) is 164 Å². The summed E-state index contributed by atoms with van der Waals surface area (Å²) in [6.45, 7) is 0. The third kappa shape index (κ3) is 4.91. The van der Waals surface area contributed by atoms with Crippen LogP contribution >= 0.6 is 0 Å². The van der Waals surface area contributed by atoms with E-state index in [2.05, 4.69) is 42.5 Å². The van der Waals surface area contributed by atoms with Crippen LogP contribution in [-0.2, 0) is 0 Å². The second-order valence-corrected chi connectivity index (χ2v) is 10.6. The molecule has 0 fully saturated rings. The molecule has 0 aliphatic heterocycles. The van der Waals surface area contributed by atoms with E-state index in [4.69, 9.17) is 21.8 Å². The number of aromatic nitrogens is 3. The van der Waals surface area contributed by atoms with Crippen LogP contribution < -0.4 is 0 Å². The minimum Gasteiger partial charge on any atom is -0.208 e. The summed E-state index contributed by atoms with van der Waals surface area (Å²) in [7, 11) is 0. The average molecular weight is 567 g/mol. The molecule has 1 heterocycles. The summed E-state index contributed by atoms with van der Waals surface area (Å²) in [5.41, 5.74) is 5.48. The highest BCUT2D eigenvalue weighted by molar-refractivity contribution is 5.99.